The average molecular weight is 495 g/mol. The van der Waals surface area contributed by atoms with Crippen molar-refractivity contribution in [3.63, 3.8) is 0 Å². The van der Waals surface area contributed by atoms with Gasteiger partial charge in [-0.05, 0) is 24.1 Å². The predicted molar refractivity (Wildman–Crippen MR) is 139 cm³/mol. The van der Waals surface area contributed by atoms with Gasteiger partial charge in [0.1, 0.15) is 0 Å². The van der Waals surface area contributed by atoms with E-state index in [0.29, 0.717) is 35.7 Å². The Morgan fingerprint density at radius 3 is 2.53 bits per heavy atom. The van der Waals surface area contributed by atoms with Gasteiger partial charge in [-0.1, -0.05) is 30.3 Å². The summed E-state index contributed by atoms with van der Waals surface area (Å²) in [7, 11) is 3.13. The van der Waals surface area contributed by atoms with E-state index in [4.69, 9.17) is 14.2 Å². The molecule has 2 heterocycles. The number of H-pyrrole nitrogens is 1. The van der Waals surface area contributed by atoms with Gasteiger partial charge in [0.25, 0.3) is 5.56 Å². The number of hydrogen-bond acceptors (Lipinski definition) is 6. The number of urea groups is 1. The standard InChI is InChI=1S/C27H34N4O5/c1-34-24-16-21-15-22(26(32)29-23(21)17-25(24)35-2)19-31(10-6-9-30-11-13-36-14-12-30)27(33)28-18-20-7-4-3-5-8-20/h3-5,7-8,15-17H,6,9-14,18-19H2,1-2H3,(H,28,33)(H,29,32). The number of nitrogens with zero attached hydrogens (tertiary/aromatic N) is 2. The lowest BCUT2D eigenvalue weighted by molar-refractivity contribution is 0.0364. The van der Waals surface area contributed by atoms with Crippen LogP contribution in [-0.4, -0.2) is 74.4 Å². The minimum Gasteiger partial charge on any atom is -0.493 e. The summed E-state index contributed by atoms with van der Waals surface area (Å²) in [5, 5.41) is 3.81. The SMILES string of the molecule is COc1cc2cc(CN(CCCN3CCOCC3)C(=O)NCc3ccccc3)c(=O)[nH]c2cc1OC. The summed E-state index contributed by atoms with van der Waals surface area (Å²) in [5.41, 5.74) is 1.94. The fraction of sp³-hybridized carbons (Fsp3) is 0.407. The number of aromatic nitrogens is 1. The number of amides is 2. The third-order valence-corrected chi connectivity index (χ3v) is 6.37. The summed E-state index contributed by atoms with van der Waals surface area (Å²) < 4.78 is 16.2. The number of methoxy groups -OCH3 is 2. The third kappa shape index (κ3) is 6.56. The van der Waals surface area contributed by atoms with Crippen LogP contribution >= 0.6 is 0 Å². The van der Waals surface area contributed by atoms with Gasteiger partial charge in [-0.3, -0.25) is 9.69 Å². The first-order chi connectivity index (χ1) is 17.6. The van der Waals surface area contributed by atoms with Crippen LogP contribution in [0.3, 0.4) is 0 Å². The molecule has 0 unspecified atom stereocenters. The number of rotatable bonds is 10. The quantitative estimate of drug-likeness (QED) is 0.450. The van der Waals surface area contributed by atoms with Crippen molar-refractivity contribution in [2.45, 2.75) is 19.5 Å². The molecule has 0 saturated carbocycles. The summed E-state index contributed by atoms with van der Waals surface area (Å²) >= 11 is 0. The largest absolute Gasteiger partial charge is 0.493 e. The smallest absolute Gasteiger partial charge is 0.317 e. The normalized spacial score (nSPS) is 13.9. The molecule has 0 radical (unpaired) electrons. The van der Waals surface area contributed by atoms with Crippen LogP contribution in [0.5, 0.6) is 11.5 Å². The number of morpholine rings is 1. The highest BCUT2D eigenvalue weighted by molar-refractivity contribution is 5.83. The fourth-order valence-corrected chi connectivity index (χ4v) is 4.35. The van der Waals surface area contributed by atoms with Crippen LogP contribution in [0.25, 0.3) is 10.9 Å². The van der Waals surface area contributed by atoms with Crippen molar-refractivity contribution in [2.75, 3.05) is 53.6 Å². The second kappa shape index (κ2) is 12.4. The predicted octanol–water partition coefficient (Wildman–Crippen LogP) is 2.98. The Labute approximate surface area is 210 Å². The number of aromatic amines is 1. The van der Waals surface area contributed by atoms with Gasteiger partial charge in [0.05, 0.1) is 39.5 Å². The van der Waals surface area contributed by atoms with Crippen molar-refractivity contribution in [1.29, 1.82) is 0 Å². The molecule has 9 nitrogen and oxygen atoms in total. The number of hydrogen-bond donors (Lipinski definition) is 2. The number of pyridine rings is 1. The number of nitrogens with one attached hydrogen (secondary N) is 2. The summed E-state index contributed by atoms with van der Waals surface area (Å²) in [6.45, 7) is 5.29. The highest BCUT2D eigenvalue weighted by Gasteiger charge is 2.18. The molecule has 1 saturated heterocycles. The molecule has 1 fully saturated rings. The van der Waals surface area contributed by atoms with Gasteiger partial charge in [0.2, 0.25) is 0 Å². The Kier molecular flexibility index (Phi) is 8.80. The number of ether oxygens (including phenoxy) is 3. The molecule has 3 aromatic rings. The maximum Gasteiger partial charge on any atom is 0.317 e. The highest BCUT2D eigenvalue weighted by Crippen LogP contribution is 2.31. The lowest BCUT2D eigenvalue weighted by atomic mass is 10.1. The molecule has 0 spiro atoms. The maximum absolute atomic E-state index is 13.2. The molecule has 0 atom stereocenters. The lowest BCUT2D eigenvalue weighted by Gasteiger charge is -2.28. The molecule has 2 N–H and O–H groups in total. The van der Waals surface area contributed by atoms with E-state index in [-0.39, 0.29) is 18.1 Å². The molecule has 2 aromatic carbocycles. The summed E-state index contributed by atoms with van der Waals surface area (Å²) in [6.07, 6.45) is 0.801. The topological polar surface area (TPSA) is 96.1 Å². The maximum atomic E-state index is 13.2. The van der Waals surface area contributed by atoms with Crippen molar-refractivity contribution < 1.29 is 19.0 Å². The molecule has 9 heteroatoms. The Bertz CT molecular complexity index is 1210. The van der Waals surface area contributed by atoms with Crippen LogP contribution in [-0.2, 0) is 17.8 Å². The van der Waals surface area contributed by atoms with E-state index >= 15 is 0 Å². The number of carbonyl (C=O) groups excluding carboxylic acids is 1. The molecule has 1 aromatic heterocycles. The van der Waals surface area contributed by atoms with E-state index in [1.165, 1.54) is 0 Å². The van der Waals surface area contributed by atoms with E-state index in [0.717, 1.165) is 50.2 Å². The molecule has 0 aliphatic carbocycles. The zero-order valence-electron chi connectivity index (χ0n) is 20.9. The first-order valence-electron chi connectivity index (χ1n) is 12.2. The van der Waals surface area contributed by atoms with Crippen LogP contribution in [0.1, 0.15) is 17.5 Å². The molecule has 2 amide bonds. The van der Waals surface area contributed by atoms with Crippen LogP contribution in [0, 0.1) is 0 Å². The van der Waals surface area contributed by atoms with E-state index in [1.54, 1.807) is 25.2 Å². The van der Waals surface area contributed by atoms with E-state index in [2.05, 4.69) is 15.2 Å². The zero-order chi connectivity index (χ0) is 25.3. The first kappa shape index (κ1) is 25.5. The minimum atomic E-state index is -0.233. The first-order valence-corrected chi connectivity index (χ1v) is 12.2. The van der Waals surface area contributed by atoms with Crippen molar-refractivity contribution >= 4 is 16.9 Å². The van der Waals surface area contributed by atoms with Crippen LogP contribution in [0.2, 0.25) is 0 Å². The number of carbonyl (C=O) groups is 1. The van der Waals surface area contributed by atoms with E-state index in [1.807, 2.05) is 42.5 Å². The third-order valence-electron chi connectivity index (χ3n) is 6.37. The van der Waals surface area contributed by atoms with Crippen molar-refractivity contribution in [3.8, 4) is 11.5 Å². The number of benzene rings is 2. The summed E-state index contributed by atoms with van der Waals surface area (Å²) in [6, 6.07) is 15.0. The second-order valence-electron chi connectivity index (χ2n) is 8.79. The van der Waals surface area contributed by atoms with Gasteiger partial charge in [-0.2, -0.15) is 0 Å². The molecule has 1 aliphatic rings. The van der Waals surface area contributed by atoms with Crippen molar-refractivity contribution in [2.24, 2.45) is 0 Å². The van der Waals surface area contributed by atoms with Crippen LogP contribution < -0.4 is 20.3 Å². The highest BCUT2D eigenvalue weighted by atomic mass is 16.5. The average Bonchev–Trinajstić information content (AvgIpc) is 2.92. The van der Waals surface area contributed by atoms with Gasteiger partial charge < -0.3 is 29.4 Å². The van der Waals surface area contributed by atoms with Gasteiger partial charge in [0, 0.05) is 49.7 Å². The Balaban J connectivity index is 1.51. The molecular weight excluding hydrogens is 460 g/mol. The van der Waals surface area contributed by atoms with Gasteiger partial charge >= 0.3 is 6.03 Å². The number of fused-ring (bicyclic) bond motifs is 1. The Hall–Kier alpha value is -3.56. The van der Waals surface area contributed by atoms with Gasteiger partial charge in [-0.25, -0.2) is 4.79 Å². The second-order valence-corrected chi connectivity index (χ2v) is 8.79. The lowest BCUT2D eigenvalue weighted by Crippen LogP contribution is -2.42. The van der Waals surface area contributed by atoms with Crippen LogP contribution in [0.4, 0.5) is 4.79 Å². The van der Waals surface area contributed by atoms with E-state index < -0.39 is 0 Å². The van der Waals surface area contributed by atoms with Crippen molar-refractivity contribution in [1.82, 2.24) is 20.1 Å². The zero-order valence-corrected chi connectivity index (χ0v) is 20.9. The summed E-state index contributed by atoms with van der Waals surface area (Å²) in [5.74, 6) is 1.12. The molecular formula is C27H34N4O5. The van der Waals surface area contributed by atoms with Crippen molar-refractivity contribution in [3.05, 3.63) is 70.0 Å². The molecule has 0 bridgehead atoms. The van der Waals surface area contributed by atoms with Crippen LogP contribution in [0.15, 0.2) is 53.3 Å². The monoisotopic (exact) mass is 494 g/mol. The van der Waals surface area contributed by atoms with Gasteiger partial charge in [0.15, 0.2) is 11.5 Å². The Morgan fingerprint density at radius 1 is 1.08 bits per heavy atom. The fourth-order valence-electron chi connectivity index (χ4n) is 4.35. The minimum absolute atomic E-state index is 0.198. The molecule has 4 rings (SSSR count). The molecule has 1 aliphatic heterocycles. The molecule has 36 heavy (non-hydrogen) atoms. The molecule has 192 valence electrons. The van der Waals surface area contributed by atoms with Gasteiger partial charge in [-0.15, -0.1) is 0 Å². The summed E-state index contributed by atoms with van der Waals surface area (Å²) in [4.78, 5) is 33.1. The Morgan fingerprint density at radius 2 is 1.81 bits per heavy atom. The van der Waals surface area contributed by atoms with E-state index in [9.17, 15) is 9.59 Å².